The predicted molar refractivity (Wildman–Crippen MR) is 74.1 cm³/mol. The number of amides is 1. The molecule has 94 valence electrons. The largest absolute Gasteiger partial charge is 0.349 e. The Balaban J connectivity index is 2.04. The number of hydrogen-bond acceptors (Lipinski definition) is 3. The second kappa shape index (κ2) is 5.33. The van der Waals surface area contributed by atoms with Crippen LogP contribution in [0.5, 0.6) is 0 Å². The van der Waals surface area contributed by atoms with Gasteiger partial charge in [0.25, 0.3) is 0 Å². The summed E-state index contributed by atoms with van der Waals surface area (Å²) in [5.74, 6) is -0.165. The van der Waals surface area contributed by atoms with Crippen LogP contribution in [-0.4, -0.2) is 5.91 Å². The normalized spacial score (nSPS) is 13.9. The molecule has 1 unspecified atom stereocenters. The summed E-state index contributed by atoms with van der Waals surface area (Å²) in [4.78, 5) is 13.2. The molecule has 1 aromatic carbocycles. The minimum Gasteiger partial charge on any atom is -0.349 e. The highest BCUT2D eigenvalue weighted by molar-refractivity contribution is 7.09. The molecule has 0 saturated carbocycles. The van der Waals surface area contributed by atoms with Gasteiger partial charge in [0.15, 0.2) is 0 Å². The molecule has 1 atom stereocenters. The number of thiophene rings is 1. The van der Waals surface area contributed by atoms with Crippen molar-refractivity contribution >= 4 is 17.2 Å². The van der Waals surface area contributed by atoms with Crippen LogP contribution in [0.1, 0.15) is 17.4 Å². The van der Waals surface area contributed by atoms with Crippen LogP contribution >= 0.6 is 11.3 Å². The lowest BCUT2D eigenvalue weighted by molar-refractivity contribution is -0.126. The van der Waals surface area contributed by atoms with Crippen LogP contribution in [0.15, 0.2) is 47.8 Å². The fraction of sp³-hybridized carbons (Fsp3) is 0.214. The molecule has 3 nitrogen and oxygen atoms in total. The first-order chi connectivity index (χ1) is 8.60. The Hall–Kier alpha value is -1.65. The molecule has 0 saturated heterocycles. The first-order valence-electron chi connectivity index (χ1n) is 5.76. The lowest BCUT2D eigenvalue weighted by atomic mass is 9.92. The van der Waals surface area contributed by atoms with E-state index in [1.807, 2.05) is 47.8 Å². The van der Waals surface area contributed by atoms with E-state index in [1.165, 1.54) is 0 Å². The third-order valence-corrected chi connectivity index (χ3v) is 3.72. The highest BCUT2D eigenvalue weighted by atomic mass is 32.1. The maximum absolute atomic E-state index is 12.1. The summed E-state index contributed by atoms with van der Waals surface area (Å²) in [6.07, 6.45) is 0. The second-order valence-corrected chi connectivity index (χ2v) is 5.36. The molecule has 0 fully saturated rings. The van der Waals surface area contributed by atoms with Gasteiger partial charge in [0, 0.05) is 4.88 Å². The Bertz CT molecular complexity index is 506. The zero-order valence-electron chi connectivity index (χ0n) is 10.2. The van der Waals surface area contributed by atoms with Crippen LogP contribution in [0.25, 0.3) is 0 Å². The molecular weight excluding hydrogens is 244 g/mol. The van der Waals surface area contributed by atoms with E-state index in [4.69, 9.17) is 5.73 Å². The average molecular weight is 260 g/mol. The Morgan fingerprint density at radius 1 is 1.28 bits per heavy atom. The fourth-order valence-corrected chi connectivity index (χ4v) is 2.32. The van der Waals surface area contributed by atoms with Crippen molar-refractivity contribution in [3.05, 3.63) is 58.3 Å². The molecule has 4 heteroatoms. The first kappa shape index (κ1) is 12.8. The summed E-state index contributed by atoms with van der Waals surface area (Å²) >= 11 is 1.62. The summed E-state index contributed by atoms with van der Waals surface area (Å²) in [7, 11) is 0. The van der Waals surface area contributed by atoms with Crippen molar-refractivity contribution in [2.75, 3.05) is 0 Å². The van der Waals surface area contributed by atoms with Crippen molar-refractivity contribution < 1.29 is 4.79 Å². The van der Waals surface area contributed by atoms with E-state index in [2.05, 4.69) is 5.32 Å². The lowest BCUT2D eigenvalue weighted by Gasteiger charge is -2.23. The van der Waals surface area contributed by atoms with Crippen LogP contribution in [-0.2, 0) is 16.9 Å². The monoisotopic (exact) mass is 260 g/mol. The van der Waals surface area contributed by atoms with E-state index in [-0.39, 0.29) is 5.91 Å². The predicted octanol–water partition coefficient (Wildman–Crippen LogP) is 2.24. The number of rotatable bonds is 4. The van der Waals surface area contributed by atoms with E-state index in [0.29, 0.717) is 6.54 Å². The first-order valence-corrected chi connectivity index (χ1v) is 6.64. The summed E-state index contributed by atoms with van der Waals surface area (Å²) in [6, 6.07) is 13.4. The van der Waals surface area contributed by atoms with Gasteiger partial charge in [-0.15, -0.1) is 11.3 Å². The van der Waals surface area contributed by atoms with Crippen molar-refractivity contribution in [3.63, 3.8) is 0 Å². The number of benzene rings is 1. The fourth-order valence-electron chi connectivity index (χ4n) is 1.68. The van der Waals surface area contributed by atoms with E-state index >= 15 is 0 Å². The van der Waals surface area contributed by atoms with Gasteiger partial charge in [-0.2, -0.15) is 0 Å². The highest BCUT2D eigenvalue weighted by Gasteiger charge is 2.29. The van der Waals surface area contributed by atoms with Crippen molar-refractivity contribution in [1.82, 2.24) is 5.32 Å². The quantitative estimate of drug-likeness (QED) is 0.885. The highest BCUT2D eigenvalue weighted by Crippen LogP contribution is 2.18. The second-order valence-electron chi connectivity index (χ2n) is 4.33. The summed E-state index contributed by atoms with van der Waals surface area (Å²) in [5, 5.41) is 4.86. The molecule has 2 aromatic rings. The van der Waals surface area contributed by atoms with Gasteiger partial charge in [0.1, 0.15) is 5.54 Å². The van der Waals surface area contributed by atoms with Gasteiger partial charge in [-0.05, 0) is 23.9 Å². The van der Waals surface area contributed by atoms with Crippen molar-refractivity contribution in [1.29, 1.82) is 0 Å². The number of carbonyl (C=O) groups excluding carboxylic acids is 1. The van der Waals surface area contributed by atoms with E-state index in [9.17, 15) is 4.79 Å². The Morgan fingerprint density at radius 2 is 2.00 bits per heavy atom. The molecule has 0 radical (unpaired) electrons. The molecule has 0 aliphatic rings. The van der Waals surface area contributed by atoms with Crippen LogP contribution < -0.4 is 11.1 Å². The van der Waals surface area contributed by atoms with Crippen LogP contribution in [0.4, 0.5) is 0 Å². The minimum absolute atomic E-state index is 0.165. The van der Waals surface area contributed by atoms with Crippen LogP contribution in [0, 0.1) is 0 Å². The molecule has 2 rings (SSSR count). The number of hydrogen-bond donors (Lipinski definition) is 2. The van der Waals surface area contributed by atoms with E-state index < -0.39 is 5.54 Å². The SMILES string of the molecule is CC(N)(C(=O)NCc1cccs1)c1ccccc1. The minimum atomic E-state index is -1.00. The average Bonchev–Trinajstić information content (AvgIpc) is 2.90. The molecule has 1 aromatic heterocycles. The molecule has 1 amide bonds. The van der Waals surface area contributed by atoms with Crippen molar-refractivity contribution in [3.8, 4) is 0 Å². The lowest BCUT2D eigenvalue weighted by Crippen LogP contribution is -2.48. The van der Waals surface area contributed by atoms with Gasteiger partial charge in [-0.1, -0.05) is 36.4 Å². The number of nitrogens with two attached hydrogens (primary N) is 1. The Labute approximate surface area is 111 Å². The molecule has 1 heterocycles. The van der Waals surface area contributed by atoms with Gasteiger partial charge >= 0.3 is 0 Å². The van der Waals surface area contributed by atoms with Gasteiger partial charge in [0.2, 0.25) is 5.91 Å². The third kappa shape index (κ3) is 2.78. The molecular formula is C14H16N2OS. The van der Waals surface area contributed by atoms with Crippen molar-refractivity contribution in [2.45, 2.75) is 19.0 Å². The van der Waals surface area contributed by atoms with Crippen LogP contribution in [0.3, 0.4) is 0 Å². The standard InChI is InChI=1S/C14H16N2OS/c1-14(15,11-6-3-2-4-7-11)13(17)16-10-12-8-5-9-18-12/h2-9H,10,15H2,1H3,(H,16,17). The Kier molecular flexibility index (Phi) is 3.79. The zero-order chi connectivity index (χ0) is 13.0. The molecule has 0 bridgehead atoms. The van der Waals surface area contributed by atoms with Crippen molar-refractivity contribution in [2.24, 2.45) is 5.73 Å². The van der Waals surface area contributed by atoms with E-state index in [0.717, 1.165) is 10.4 Å². The summed E-state index contributed by atoms with van der Waals surface area (Å²) in [6.45, 7) is 2.25. The van der Waals surface area contributed by atoms with Gasteiger partial charge in [-0.25, -0.2) is 0 Å². The summed E-state index contributed by atoms with van der Waals surface area (Å²) in [5.41, 5.74) is 5.92. The maximum Gasteiger partial charge on any atom is 0.244 e. The third-order valence-electron chi connectivity index (χ3n) is 2.85. The molecule has 0 aliphatic heterocycles. The smallest absolute Gasteiger partial charge is 0.244 e. The van der Waals surface area contributed by atoms with E-state index in [1.54, 1.807) is 18.3 Å². The summed E-state index contributed by atoms with van der Waals surface area (Å²) < 4.78 is 0. The Morgan fingerprint density at radius 3 is 2.61 bits per heavy atom. The topological polar surface area (TPSA) is 55.1 Å². The van der Waals surface area contributed by atoms with Gasteiger partial charge in [0.05, 0.1) is 6.54 Å². The molecule has 18 heavy (non-hydrogen) atoms. The van der Waals surface area contributed by atoms with Gasteiger partial charge < -0.3 is 11.1 Å². The zero-order valence-corrected chi connectivity index (χ0v) is 11.0. The maximum atomic E-state index is 12.1. The molecule has 0 aliphatic carbocycles. The van der Waals surface area contributed by atoms with Crippen LogP contribution in [0.2, 0.25) is 0 Å². The molecule has 0 spiro atoms. The number of carbonyl (C=O) groups is 1. The number of nitrogens with one attached hydrogen (secondary N) is 1. The molecule has 3 N–H and O–H groups in total. The van der Waals surface area contributed by atoms with Gasteiger partial charge in [-0.3, -0.25) is 4.79 Å².